The van der Waals surface area contributed by atoms with Crippen LogP contribution in [0.2, 0.25) is 0 Å². The van der Waals surface area contributed by atoms with Crippen molar-refractivity contribution in [1.29, 1.82) is 0 Å². The molecule has 23 heavy (non-hydrogen) atoms. The summed E-state index contributed by atoms with van der Waals surface area (Å²) >= 11 is 0. The quantitative estimate of drug-likeness (QED) is 0.838. The van der Waals surface area contributed by atoms with Gasteiger partial charge in [-0.3, -0.25) is 14.5 Å². The van der Waals surface area contributed by atoms with Crippen molar-refractivity contribution >= 4 is 5.91 Å². The van der Waals surface area contributed by atoms with Gasteiger partial charge < -0.3 is 10.6 Å². The summed E-state index contributed by atoms with van der Waals surface area (Å²) in [6.45, 7) is 2.95. The lowest BCUT2D eigenvalue weighted by Crippen LogP contribution is -2.33. The maximum atomic E-state index is 12.1. The van der Waals surface area contributed by atoms with E-state index >= 15 is 0 Å². The lowest BCUT2D eigenvalue weighted by atomic mass is 9.96. The number of piperidine rings is 1. The molecule has 6 nitrogen and oxygen atoms in total. The van der Waals surface area contributed by atoms with E-state index in [1.807, 2.05) is 29.1 Å². The van der Waals surface area contributed by atoms with Crippen LogP contribution in [0.25, 0.3) is 0 Å². The molecule has 3 heterocycles. The SMILES string of the molecule is O=C(Cn1nccc1[C@H]1CCCNC1)NCCc1cccnc1. The Morgan fingerprint density at radius 1 is 1.39 bits per heavy atom. The fourth-order valence-corrected chi connectivity index (χ4v) is 3.01. The standard InChI is InChI=1S/C17H23N5O/c23-17(20-9-5-14-3-1-7-18-11-14)13-22-16(6-10-21-22)15-4-2-8-19-12-15/h1,3,6-7,10-11,15,19H,2,4-5,8-9,12-13H2,(H,20,23)/t15-/m0/s1. The predicted octanol–water partition coefficient (Wildman–Crippen LogP) is 1.10. The number of pyridine rings is 1. The maximum Gasteiger partial charge on any atom is 0.241 e. The molecule has 2 aromatic heterocycles. The van der Waals surface area contributed by atoms with Crippen LogP contribution in [0.3, 0.4) is 0 Å². The van der Waals surface area contributed by atoms with Gasteiger partial charge in [-0.15, -0.1) is 0 Å². The summed E-state index contributed by atoms with van der Waals surface area (Å²) in [4.78, 5) is 16.2. The van der Waals surface area contributed by atoms with E-state index in [-0.39, 0.29) is 12.5 Å². The van der Waals surface area contributed by atoms with E-state index in [9.17, 15) is 4.79 Å². The molecule has 0 saturated carbocycles. The van der Waals surface area contributed by atoms with Crippen LogP contribution in [-0.4, -0.2) is 40.3 Å². The predicted molar refractivity (Wildman–Crippen MR) is 88.0 cm³/mol. The van der Waals surface area contributed by atoms with E-state index in [1.54, 1.807) is 12.4 Å². The molecule has 1 fully saturated rings. The van der Waals surface area contributed by atoms with E-state index in [2.05, 4.69) is 20.7 Å². The Balaban J connectivity index is 1.49. The van der Waals surface area contributed by atoms with E-state index in [4.69, 9.17) is 0 Å². The van der Waals surface area contributed by atoms with Gasteiger partial charge in [-0.25, -0.2) is 0 Å². The highest BCUT2D eigenvalue weighted by Gasteiger charge is 2.19. The minimum Gasteiger partial charge on any atom is -0.354 e. The zero-order valence-corrected chi connectivity index (χ0v) is 13.2. The highest BCUT2D eigenvalue weighted by Crippen LogP contribution is 2.22. The van der Waals surface area contributed by atoms with Gasteiger partial charge in [0.15, 0.2) is 0 Å². The maximum absolute atomic E-state index is 12.1. The van der Waals surface area contributed by atoms with Crippen LogP contribution in [0, 0.1) is 0 Å². The first-order valence-corrected chi connectivity index (χ1v) is 8.21. The number of rotatable bonds is 6. The smallest absolute Gasteiger partial charge is 0.241 e. The molecule has 0 aromatic carbocycles. The fourth-order valence-electron chi connectivity index (χ4n) is 3.01. The number of carbonyl (C=O) groups excluding carboxylic acids is 1. The number of nitrogens with one attached hydrogen (secondary N) is 2. The topological polar surface area (TPSA) is 71.8 Å². The summed E-state index contributed by atoms with van der Waals surface area (Å²) in [5.41, 5.74) is 2.28. The summed E-state index contributed by atoms with van der Waals surface area (Å²) in [7, 11) is 0. The van der Waals surface area contributed by atoms with Gasteiger partial charge in [0.25, 0.3) is 0 Å². The molecule has 1 aliphatic rings. The lowest BCUT2D eigenvalue weighted by Gasteiger charge is -2.23. The minimum absolute atomic E-state index is 0.00242. The molecular formula is C17H23N5O. The van der Waals surface area contributed by atoms with Gasteiger partial charge in [-0.2, -0.15) is 5.10 Å². The Labute approximate surface area is 136 Å². The van der Waals surface area contributed by atoms with Gasteiger partial charge >= 0.3 is 0 Å². The number of nitrogens with zero attached hydrogens (tertiary/aromatic N) is 3. The van der Waals surface area contributed by atoms with Crippen LogP contribution < -0.4 is 10.6 Å². The fraction of sp³-hybridized carbons (Fsp3) is 0.471. The summed E-state index contributed by atoms with van der Waals surface area (Å²) in [6.07, 6.45) is 8.48. The summed E-state index contributed by atoms with van der Waals surface area (Å²) in [6, 6.07) is 5.95. The number of hydrogen-bond acceptors (Lipinski definition) is 4. The zero-order chi connectivity index (χ0) is 15.9. The van der Waals surface area contributed by atoms with Crippen molar-refractivity contribution in [2.45, 2.75) is 31.7 Å². The number of carbonyl (C=O) groups is 1. The van der Waals surface area contributed by atoms with Crippen molar-refractivity contribution in [1.82, 2.24) is 25.4 Å². The molecule has 0 unspecified atom stereocenters. The van der Waals surface area contributed by atoms with Crippen molar-refractivity contribution < 1.29 is 4.79 Å². The molecule has 1 saturated heterocycles. The van der Waals surface area contributed by atoms with Crippen molar-refractivity contribution in [3.05, 3.63) is 48.0 Å². The molecule has 0 radical (unpaired) electrons. The molecule has 0 spiro atoms. The Bertz CT molecular complexity index is 619. The molecule has 0 bridgehead atoms. The first kappa shape index (κ1) is 15.7. The van der Waals surface area contributed by atoms with Crippen LogP contribution in [0.5, 0.6) is 0 Å². The second-order valence-corrected chi connectivity index (χ2v) is 5.92. The molecule has 1 amide bonds. The number of aromatic nitrogens is 3. The molecular weight excluding hydrogens is 290 g/mol. The average molecular weight is 313 g/mol. The molecule has 1 aliphatic heterocycles. The third-order valence-electron chi connectivity index (χ3n) is 4.22. The highest BCUT2D eigenvalue weighted by atomic mass is 16.2. The molecule has 2 aromatic rings. The Morgan fingerprint density at radius 3 is 3.13 bits per heavy atom. The van der Waals surface area contributed by atoms with E-state index in [0.29, 0.717) is 12.5 Å². The van der Waals surface area contributed by atoms with Gasteiger partial charge in [0.05, 0.1) is 0 Å². The van der Waals surface area contributed by atoms with Crippen molar-refractivity contribution in [3.63, 3.8) is 0 Å². The highest BCUT2D eigenvalue weighted by molar-refractivity contribution is 5.75. The van der Waals surface area contributed by atoms with Gasteiger partial charge in [-0.1, -0.05) is 6.07 Å². The summed E-state index contributed by atoms with van der Waals surface area (Å²) in [5, 5.41) is 10.7. The second-order valence-electron chi connectivity index (χ2n) is 5.92. The Kier molecular flexibility index (Phi) is 5.37. The number of hydrogen-bond donors (Lipinski definition) is 2. The monoisotopic (exact) mass is 313 g/mol. The van der Waals surface area contributed by atoms with Crippen LogP contribution in [0.15, 0.2) is 36.8 Å². The number of amides is 1. The summed E-state index contributed by atoms with van der Waals surface area (Å²) in [5.74, 6) is 0.456. The lowest BCUT2D eigenvalue weighted by molar-refractivity contribution is -0.121. The van der Waals surface area contributed by atoms with Crippen molar-refractivity contribution in [2.24, 2.45) is 0 Å². The normalized spacial score (nSPS) is 17.8. The molecule has 6 heteroatoms. The van der Waals surface area contributed by atoms with Crippen LogP contribution in [-0.2, 0) is 17.8 Å². The molecule has 1 atom stereocenters. The van der Waals surface area contributed by atoms with Crippen molar-refractivity contribution in [2.75, 3.05) is 19.6 Å². The second kappa shape index (κ2) is 7.87. The van der Waals surface area contributed by atoms with E-state index in [1.165, 1.54) is 6.42 Å². The first-order valence-electron chi connectivity index (χ1n) is 8.21. The van der Waals surface area contributed by atoms with Crippen molar-refractivity contribution in [3.8, 4) is 0 Å². The van der Waals surface area contributed by atoms with Gasteiger partial charge in [-0.05, 0) is 43.5 Å². The van der Waals surface area contributed by atoms with Crippen LogP contribution >= 0.6 is 0 Å². The molecule has 2 N–H and O–H groups in total. The average Bonchev–Trinajstić information content (AvgIpc) is 3.05. The minimum atomic E-state index is 0.00242. The Hall–Kier alpha value is -2.21. The van der Waals surface area contributed by atoms with Gasteiger partial charge in [0, 0.05) is 43.3 Å². The van der Waals surface area contributed by atoms with E-state index in [0.717, 1.165) is 37.2 Å². The van der Waals surface area contributed by atoms with Gasteiger partial charge in [0.2, 0.25) is 5.91 Å². The molecule has 3 rings (SSSR count). The first-order chi connectivity index (χ1) is 11.3. The van der Waals surface area contributed by atoms with E-state index < -0.39 is 0 Å². The third-order valence-corrected chi connectivity index (χ3v) is 4.22. The van der Waals surface area contributed by atoms with Crippen LogP contribution in [0.4, 0.5) is 0 Å². The molecule has 122 valence electrons. The Morgan fingerprint density at radius 2 is 2.35 bits per heavy atom. The van der Waals surface area contributed by atoms with Gasteiger partial charge in [0.1, 0.15) is 6.54 Å². The molecule has 0 aliphatic carbocycles. The summed E-state index contributed by atoms with van der Waals surface area (Å²) < 4.78 is 1.83. The third kappa shape index (κ3) is 4.39. The largest absolute Gasteiger partial charge is 0.354 e. The zero-order valence-electron chi connectivity index (χ0n) is 13.2. The van der Waals surface area contributed by atoms with Crippen LogP contribution in [0.1, 0.15) is 30.0 Å².